The van der Waals surface area contributed by atoms with E-state index in [9.17, 15) is 10.1 Å². The van der Waals surface area contributed by atoms with Crippen molar-refractivity contribution >= 4 is 40.0 Å². The molecule has 1 N–H and O–H groups in total. The van der Waals surface area contributed by atoms with Crippen molar-refractivity contribution in [2.75, 3.05) is 5.32 Å². The van der Waals surface area contributed by atoms with Crippen LogP contribution in [0.15, 0.2) is 72.3 Å². The third-order valence-corrected chi connectivity index (χ3v) is 6.07. The average molecular weight is 440 g/mol. The Hall–Kier alpha value is -3.81. The molecule has 5 heteroatoms. The number of carbonyl (C=O) groups excluding carboxylic acids is 1. The molecular weight excluding hydrogens is 418 g/mol. The molecule has 1 heterocycles. The number of nitrogens with zero attached hydrogens (tertiary/aromatic N) is 2. The van der Waals surface area contributed by atoms with Crippen molar-refractivity contribution in [3.05, 3.63) is 99.8 Å². The molecule has 0 fully saturated rings. The fraction of sp³-hybridized carbons (Fsp3) is 0.111. The lowest BCUT2D eigenvalue weighted by Gasteiger charge is -2.13. The molecule has 0 atom stereocenters. The van der Waals surface area contributed by atoms with Crippen LogP contribution < -0.4 is 5.32 Å². The molecule has 4 rings (SSSR count). The minimum atomic E-state index is -0.465. The number of anilines is 1. The molecule has 0 bridgehead atoms. The van der Waals surface area contributed by atoms with Gasteiger partial charge in [0.15, 0.2) is 0 Å². The summed E-state index contributed by atoms with van der Waals surface area (Å²) in [5, 5.41) is 15.3. The summed E-state index contributed by atoms with van der Waals surface area (Å²) >= 11 is 6.15. The van der Waals surface area contributed by atoms with E-state index in [4.69, 9.17) is 11.6 Å². The fourth-order valence-electron chi connectivity index (χ4n) is 3.94. The normalized spacial score (nSPS) is 11.4. The van der Waals surface area contributed by atoms with Gasteiger partial charge in [0.05, 0.1) is 5.69 Å². The molecule has 0 spiro atoms. The van der Waals surface area contributed by atoms with Crippen LogP contribution in [0.2, 0.25) is 5.02 Å². The van der Waals surface area contributed by atoms with Crippen LogP contribution in [0, 0.1) is 32.1 Å². The van der Waals surface area contributed by atoms with Gasteiger partial charge >= 0.3 is 0 Å². The molecule has 158 valence electrons. The minimum absolute atomic E-state index is 0.0301. The van der Waals surface area contributed by atoms with Gasteiger partial charge in [0.2, 0.25) is 0 Å². The number of carbonyl (C=O) groups is 1. The zero-order valence-corrected chi connectivity index (χ0v) is 18.9. The first kappa shape index (κ1) is 21.4. The standard InChI is InChI=1S/C27H22ClN3O/c1-17-14-21(15-22(16-29)27(32)30-25-12-7-11-24(28)18(25)2)19(3)31(17)26-13-6-9-20-8-4-5-10-23(20)26/h4-15H,1-3H3,(H,30,32)/b22-15+. The number of aryl methyl sites for hydroxylation is 1. The van der Waals surface area contributed by atoms with Crippen LogP contribution in [0.5, 0.6) is 0 Å². The summed E-state index contributed by atoms with van der Waals surface area (Å²) in [6.45, 7) is 5.84. The van der Waals surface area contributed by atoms with E-state index < -0.39 is 5.91 Å². The molecule has 1 amide bonds. The number of hydrogen-bond donors (Lipinski definition) is 1. The lowest BCUT2D eigenvalue weighted by Crippen LogP contribution is -2.14. The Kier molecular flexibility index (Phi) is 5.85. The summed E-state index contributed by atoms with van der Waals surface area (Å²) in [6, 6.07) is 23.7. The fourth-order valence-corrected chi connectivity index (χ4v) is 4.12. The summed E-state index contributed by atoms with van der Waals surface area (Å²) in [4.78, 5) is 12.8. The number of nitrogens with one attached hydrogen (secondary N) is 1. The monoisotopic (exact) mass is 439 g/mol. The molecule has 4 nitrogen and oxygen atoms in total. The van der Waals surface area contributed by atoms with E-state index in [1.54, 1.807) is 24.3 Å². The van der Waals surface area contributed by atoms with Gasteiger partial charge in [0.1, 0.15) is 11.6 Å². The van der Waals surface area contributed by atoms with E-state index in [1.165, 1.54) is 0 Å². The van der Waals surface area contributed by atoms with E-state index in [0.717, 1.165) is 39.0 Å². The molecule has 0 unspecified atom stereocenters. The van der Waals surface area contributed by atoms with E-state index in [-0.39, 0.29) is 5.57 Å². The molecule has 0 aliphatic carbocycles. The van der Waals surface area contributed by atoms with Crippen LogP contribution in [0.3, 0.4) is 0 Å². The summed E-state index contributed by atoms with van der Waals surface area (Å²) in [6.07, 6.45) is 1.64. The molecule has 0 radical (unpaired) electrons. The Morgan fingerprint density at radius 1 is 1.03 bits per heavy atom. The molecule has 3 aromatic carbocycles. The van der Waals surface area contributed by atoms with Gasteiger partial charge in [-0.25, -0.2) is 0 Å². The number of halogens is 1. The first-order valence-electron chi connectivity index (χ1n) is 10.3. The molecule has 0 saturated heterocycles. The number of benzene rings is 3. The number of hydrogen-bond acceptors (Lipinski definition) is 2. The molecule has 1 aromatic heterocycles. The first-order chi connectivity index (χ1) is 15.4. The van der Waals surface area contributed by atoms with Gasteiger partial charge in [0, 0.05) is 27.5 Å². The van der Waals surface area contributed by atoms with Gasteiger partial charge in [-0.3, -0.25) is 4.79 Å². The lowest BCUT2D eigenvalue weighted by atomic mass is 10.1. The highest BCUT2D eigenvalue weighted by Gasteiger charge is 2.16. The van der Waals surface area contributed by atoms with E-state index in [0.29, 0.717) is 10.7 Å². The molecule has 0 saturated carbocycles. The van der Waals surface area contributed by atoms with Crippen molar-refractivity contribution in [1.82, 2.24) is 4.57 Å². The van der Waals surface area contributed by atoms with Crippen LogP contribution >= 0.6 is 11.6 Å². The highest BCUT2D eigenvalue weighted by Crippen LogP contribution is 2.29. The second kappa shape index (κ2) is 8.74. The predicted molar refractivity (Wildman–Crippen MR) is 131 cm³/mol. The van der Waals surface area contributed by atoms with Crippen molar-refractivity contribution in [3.8, 4) is 11.8 Å². The van der Waals surface area contributed by atoms with Crippen molar-refractivity contribution in [2.45, 2.75) is 20.8 Å². The third-order valence-electron chi connectivity index (χ3n) is 5.66. The first-order valence-corrected chi connectivity index (χ1v) is 10.6. The second-order valence-corrected chi connectivity index (χ2v) is 8.10. The molecular formula is C27H22ClN3O. The summed E-state index contributed by atoms with van der Waals surface area (Å²) in [5.74, 6) is -0.465. The summed E-state index contributed by atoms with van der Waals surface area (Å²) in [7, 11) is 0. The number of nitriles is 1. The average Bonchev–Trinajstić information content (AvgIpc) is 3.07. The maximum absolute atomic E-state index is 12.8. The SMILES string of the molecule is Cc1c(Cl)cccc1NC(=O)/C(C#N)=C/c1cc(C)n(-c2cccc3ccccc23)c1C. The molecule has 0 aliphatic rings. The zero-order valence-electron chi connectivity index (χ0n) is 18.1. The van der Waals surface area contributed by atoms with Crippen LogP contribution in [0.25, 0.3) is 22.5 Å². The van der Waals surface area contributed by atoms with Crippen molar-refractivity contribution in [1.29, 1.82) is 5.26 Å². The van der Waals surface area contributed by atoms with E-state index in [1.807, 2.05) is 51.1 Å². The van der Waals surface area contributed by atoms with Crippen molar-refractivity contribution < 1.29 is 4.79 Å². The third kappa shape index (κ3) is 3.91. The van der Waals surface area contributed by atoms with Crippen molar-refractivity contribution in [2.24, 2.45) is 0 Å². The predicted octanol–water partition coefficient (Wildman–Crippen LogP) is 6.75. The van der Waals surface area contributed by atoms with E-state index in [2.05, 4.69) is 34.1 Å². The zero-order chi connectivity index (χ0) is 22.8. The van der Waals surface area contributed by atoms with Gasteiger partial charge < -0.3 is 9.88 Å². The molecule has 32 heavy (non-hydrogen) atoms. The minimum Gasteiger partial charge on any atom is -0.321 e. The molecule has 4 aromatic rings. The van der Waals surface area contributed by atoms with Crippen LogP contribution in [0.1, 0.15) is 22.5 Å². The highest BCUT2D eigenvalue weighted by molar-refractivity contribution is 6.31. The highest BCUT2D eigenvalue weighted by atomic mass is 35.5. The summed E-state index contributed by atoms with van der Waals surface area (Å²) in [5.41, 5.74) is 5.24. The van der Waals surface area contributed by atoms with Gasteiger partial charge in [-0.05, 0) is 67.6 Å². The number of rotatable bonds is 4. The Morgan fingerprint density at radius 2 is 1.75 bits per heavy atom. The Morgan fingerprint density at radius 3 is 2.53 bits per heavy atom. The number of fused-ring (bicyclic) bond motifs is 1. The number of amides is 1. The maximum atomic E-state index is 12.8. The van der Waals surface area contributed by atoms with E-state index >= 15 is 0 Å². The maximum Gasteiger partial charge on any atom is 0.266 e. The Bertz CT molecular complexity index is 1420. The quantitative estimate of drug-likeness (QED) is 0.282. The smallest absolute Gasteiger partial charge is 0.266 e. The van der Waals surface area contributed by atoms with Crippen molar-refractivity contribution in [3.63, 3.8) is 0 Å². The van der Waals surface area contributed by atoms with Gasteiger partial charge in [0.25, 0.3) is 5.91 Å². The van der Waals surface area contributed by atoms with Gasteiger partial charge in [-0.2, -0.15) is 5.26 Å². The second-order valence-electron chi connectivity index (χ2n) is 7.70. The largest absolute Gasteiger partial charge is 0.321 e. The lowest BCUT2D eigenvalue weighted by molar-refractivity contribution is -0.112. The summed E-state index contributed by atoms with van der Waals surface area (Å²) < 4.78 is 2.15. The van der Waals surface area contributed by atoms with Gasteiger partial charge in [-0.15, -0.1) is 0 Å². The molecule has 0 aliphatic heterocycles. The van der Waals surface area contributed by atoms with Crippen LogP contribution in [-0.2, 0) is 4.79 Å². The Labute approximate surface area is 192 Å². The van der Waals surface area contributed by atoms with Crippen LogP contribution in [-0.4, -0.2) is 10.5 Å². The van der Waals surface area contributed by atoms with Crippen LogP contribution in [0.4, 0.5) is 5.69 Å². The topological polar surface area (TPSA) is 57.8 Å². The Balaban J connectivity index is 1.73. The number of aromatic nitrogens is 1. The van der Waals surface area contributed by atoms with Gasteiger partial charge in [-0.1, -0.05) is 54.1 Å².